The number of hydrogen-bond acceptors (Lipinski definition) is 9. The molecule has 0 amide bonds. The fourth-order valence-electron chi connectivity index (χ4n) is 2.72. The van der Waals surface area contributed by atoms with Crippen LogP contribution in [0.3, 0.4) is 0 Å². The van der Waals surface area contributed by atoms with E-state index >= 15 is 0 Å². The summed E-state index contributed by atoms with van der Waals surface area (Å²) in [7, 11) is 0. The average Bonchev–Trinajstić information content (AvgIpc) is 3.16. The fourth-order valence-corrected chi connectivity index (χ4v) is 3.57. The van der Waals surface area contributed by atoms with Gasteiger partial charge >= 0.3 is 11.9 Å². The summed E-state index contributed by atoms with van der Waals surface area (Å²) in [5.41, 5.74) is 1.21. The normalized spacial score (nSPS) is 10.8. The third kappa shape index (κ3) is 4.82. The van der Waals surface area contributed by atoms with E-state index in [-0.39, 0.29) is 36.4 Å². The Balaban J connectivity index is 1.87. The Bertz CT molecular complexity index is 1100. The zero-order valence-electron chi connectivity index (χ0n) is 16.9. The van der Waals surface area contributed by atoms with Crippen molar-refractivity contribution in [3.05, 3.63) is 56.4 Å². The number of nitrogens with zero attached hydrogens (tertiary/aromatic N) is 3. The molecule has 0 unspecified atom stereocenters. The van der Waals surface area contributed by atoms with Crippen molar-refractivity contribution in [3.63, 3.8) is 0 Å². The second kappa shape index (κ2) is 9.49. The van der Waals surface area contributed by atoms with Gasteiger partial charge < -0.3 is 14.8 Å². The molecule has 30 heavy (non-hydrogen) atoms. The van der Waals surface area contributed by atoms with Gasteiger partial charge in [-0.25, -0.2) is 14.6 Å². The number of anilines is 1. The van der Waals surface area contributed by atoms with E-state index in [1.165, 1.54) is 28.0 Å². The summed E-state index contributed by atoms with van der Waals surface area (Å²) < 4.78 is 11.4. The van der Waals surface area contributed by atoms with Gasteiger partial charge in [-0.2, -0.15) is 9.61 Å². The third-order valence-corrected chi connectivity index (χ3v) is 5.12. The smallest absolute Gasteiger partial charge is 0.338 e. The predicted molar refractivity (Wildman–Crippen MR) is 112 cm³/mol. The van der Waals surface area contributed by atoms with E-state index < -0.39 is 11.9 Å². The summed E-state index contributed by atoms with van der Waals surface area (Å²) in [6, 6.07) is 5.99. The molecule has 0 bridgehead atoms. The van der Waals surface area contributed by atoms with Crippen LogP contribution in [-0.4, -0.2) is 39.8 Å². The van der Waals surface area contributed by atoms with E-state index in [9.17, 15) is 14.4 Å². The maximum absolute atomic E-state index is 12.3. The highest BCUT2D eigenvalue weighted by Crippen LogP contribution is 2.18. The van der Waals surface area contributed by atoms with Crippen LogP contribution in [0.15, 0.2) is 29.1 Å². The summed E-state index contributed by atoms with van der Waals surface area (Å²) in [5.74, 6) is -1.08. The lowest BCUT2D eigenvalue weighted by Crippen LogP contribution is -2.17. The zero-order chi connectivity index (χ0) is 21.7. The molecule has 0 spiro atoms. The maximum atomic E-state index is 12.3. The summed E-state index contributed by atoms with van der Waals surface area (Å²) >= 11 is 1.36. The maximum Gasteiger partial charge on any atom is 0.338 e. The molecule has 2 heterocycles. The highest BCUT2D eigenvalue weighted by atomic mass is 32.1. The van der Waals surface area contributed by atoms with Crippen LogP contribution in [0, 0.1) is 0 Å². The Morgan fingerprint density at radius 3 is 2.23 bits per heavy atom. The minimum atomic E-state index is -0.541. The average molecular weight is 430 g/mol. The lowest BCUT2D eigenvalue weighted by molar-refractivity contribution is 0.0525. The number of carbonyl (C=O) groups excluding carboxylic acids is 2. The van der Waals surface area contributed by atoms with Crippen molar-refractivity contribution >= 4 is 33.9 Å². The van der Waals surface area contributed by atoms with Crippen molar-refractivity contribution in [2.45, 2.75) is 33.7 Å². The lowest BCUT2D eigenvalue weighted by Gasteiger charge is -2.11. The Morgan fingerprint density at radius 2 is 1.67 bits per heavy atom. The van der Waals surface area contributed by atoms with Crippen LogP contribution in [-0.2, 0) is 22.4 Å². The summed E-state index contributed by atoms with van der Waals surface area (Å²) in [6.07, 6.45) is 0.721. The van der Waals surface area contributed by atoms with E-state index in [4.69, 9.17) is 9.47 Å². The van der Waals surface area contributed by atoms with Gasteiger partial charge in [0, 0.05) is 11.8 Å². The molecule has 0 atom stereocenters. The van der Waals surface area contributed by atoms with Gasteiger partial charge in [-0.3, -0.25) is 4.79 Å². The van der Waals surface area contributed by atoms with Gasteiger partial charge in [0.05, 0.1) is 36.6 Å². The van der Waals surface area contributed by atoms with Crippen LogP contribution in [0.4, 0.5) is 5.69 Å². The molecule has 10 heteroatoms. The second-order valence-corrected chi connectivity index (χ2v) is 7.26. The van der Waals surface area contributed by atoms with Crippen LogP contribution < -0.4 is 10.9 Å². The molecule has 0 aliphatic rings. The van der Waals surface area contributed by atoms with E-state index in [2.05, 4.69) is 15.4 Å². The Labute approximate surface area is 176 Å². The van der Waals surface area contributed by atoms with Crippen LogP contribution in [0.5, 0.6) is 0 Å². The Morgan fingerprint density at radius 1 is 1.03 bits per heavy atom. The molecule has 3 aromatic rings. The number of fused-ring (bicyclic) bond motifs is 1. The number of benzene rings is 1. The monoisotopic (exact) mass is 430 g/mol. The Kier molecular flexibility index (Phi) is 6.78. The first-order valence-corrected chi connectivity index (χ1v) is 10.4. The van der Waals surface area contributed by atoms with Crippen LogP contribution in [0.2, 0.25) is 0 Å². The Hall–Kier alpha value is -3.27. The molecule has 1 N–H and O–H groups in total. The molecule has 158 valence electrons. The summed E-state index contributed by atoms with van der Waals surface area (Å²) in [6.45, 7) is 6.02. The van der Waals surface area contributed by atoms with Gasteiger partial charge in [0.25, 0.3) is 5.56 Å². The molecule has 0 radical (unpaired) electrons. The second-order valence-electron chi connectivity index (χ2n) is 6.22. The fraction of sp³-hybridized carbons (Fsp3) is 0.350. The zero-order valence-corrected chi connectivity index (χ0v) is 17.7. The molecule has 0 saturated heterocycles. The number of ether oxygens (including phenoxy) is 2. The minimum absolute atomic E-state index is 0.216. The number of nitrogens with one attached hydrogen (secondary N) is 1. The van der Waals surface area contributed by atoms with E-state index in [0.717, 1.165) is 11.4 Å². The standard InChI is InChI=1S/C20H22N4O5S/c1-4-16-23-24-17(25)10-15(22-20(24)30-16)11-21-14-8-12(18(26)28-5-2)7-13(9-14)19(27)29-6-3/h7-10,21H,4-6,11H2,1-3H3. The van der Waals surface area contributed by atoms with E-state index in [0.29, 0.717) is 16.3 Å². The minimum Gasteiger partial charge on any atom is -0.462 e. The molecular formula is C20H22N4O5S. The number of rotatable bonds is 8. The van der Waals surface area contributed by atoms with Crippen molar-refractivity contribution in [3.8, 4) is 0 Å². The molecule has 9 nitrogen and oxygen atoms in total. The molecule has 1 aromatic carbocycles. The van der Waals surface area contributed by atoms with Gasteiger partial charge in [-0.05, 0) is 38.5 Å². The van der Waals surface area contributed by atoms with E-state index in [1.54, 1.807) is 26.0 Å². The quantitative estimate of drug-likeness (QED) is 0.543. The highest BCUT2D eigenvalue weighted by Gasteiger charge is 2.15. The third-order valence-electron chi connectivity index (χ3n) is 4.07. The number of hydrogen-bond donors (Lipinski definition) is 1. The SMILES string of the molecule is CCOC(=O)c1cc(NCc2cc(=O)n3nc(CC)sc3n2)cc(C(=O)OCC)c1. The van der Waals surface area contributed by atoms with Gasteiger partial charge in [0.1, 0.15) is 5.01 Å². The van der Waals surface area contributed by atoms with Crippen molar-refractivity contribution < 1.29 is 19.1 Å². The van der Waals surface area contributed by atoms with Crippen molar-refractivity contribution in [1.29, 1.82) is 0 Å². The predicted octanol–water partition coefficient (Wildman–Crippen LogP) is 2.68. The molecule has 0 saturated carbocycles. The van der Waals surface area contributed by atoms with E-state index in [1.807, 2.05) is 6.92 Å². The van der Waals surface area contributed by atoms with Crippen LogP contribution in [0.25, 0.3) is 4.96 Å². The lowest BCUT2D eigenvalue weighted by atomic mass is 10.1. The molecule has 0 fully saturated rings. The number of esters is 2. The number of aromatic nitrogens is 3. The van der Waals surface area contributed by atoms with Crippen molar-refractivity contribution in [2.24, 2.45) is 0 Å². The topological polar surface area (TPSA) is 112 Å². The number of carbonyl (C=O) groups is 2. The molecule has 3 rings (SSSR count). The summed E-state index contributed by atoms with van der Waals surface area (Å²) in [4.78, 5) is 41.6. The van der Waals surface area contributed by atoms with Gasteiger partial charge in [0.15, 0.2) is 0 Å². The van der Waals surface area contributed by atoms with Crippen molar-refractivity contribution in [1.82, 2.24) is 14.6 Å². The first kappa shape index (κ1) is 21.4. The summed E-state index contributed by atoms with van der Waals surface area (Å²) in [5, 5.41) is 8.16. The largest absolute Gasteiger partial charge is 0.462 e. The van der Waals surface area contributed by atoms with Crippen LogP contribution in [0.1, 0.15) is 52.2 Å². The first-order chi connectivity index (χ1) is 14.4. The first-order valence-electron chi connectivity index (χ1n) is 9.57. The van der Waals surface area contributed by atoms with Crippen molar-refractivity contribution in [2.75, 3.05) is 18.5 Å². The molecular weight excluding hydrogens is 408 g/mol. The van der Waals surface area contributed by atoms with Gasteiger partial charge in [0.2, 0.25) is 4.96 Å². The molecule has 2 aromatic heterocycles. The highest BCUT2D eigenvalue weighted by molar-refractivity contribution is 7.16. The number of aryl methyl sites for hydroxylation is 1. The molecule has 0 aliphatic carbocycles. The van der Waals surface area contributed by atoms with Crippen LogP contribution >= 0.6 is 11.3 Å². The molecule has 0 aliphatic heterocycles. The van der Waals surface area contributed by atoms with Gasteiger partial charge in [-0.15, -0.1) is 0 Å². The van der Waals surface area contributed by atoms with Gasteiger partial charge in [-0.1, -0.05) is 18.3 Å².